The molecule has 0 saturated heterocycles. The second-order valence-corrected chi connectivity index (χ2v) is 6.66. The molecule has 1 aromatic rings. The van der Waals surface area contributed by atoms with Gasteiger partial charge in [-0.05, 0) is 42.9 Å². The summed E-state index contributed by atoms with van der Waals surface area (Å²) < 4.78 is 0. The Kier molecular flexibility index (Phi) is 5.64. The second-order valence-electron chi connectivity index (χ2n) is 6.66. The van der Waals surface area contributed by atoms with Gasteiger partial charge < -0.3 is 16.4 Å². The van der Waals surface area contributed by atoms with E-state index in [1.54, 1.807) is 19.2 Å². The van der Waals surface area contributed by atoms with Crippen LogP contribution in [0.5, 0.6) is 0 Å². The molecule has 1 fully saturated rings. The minimum Gasteiger partial charge on any atom is -0.398 e. The molecule has 0 bridgehead atoms. The third-order valence-electron chi connectivity index (χ3n) is 4.89. The van der Waals surface area contributed by atoms with E-state index < -0.39 is 0 Å². The van der Waals surface area contributed by atoms with Crippen LogP contribution in [0.3, 0.4) is 0 Å². The van der Waals surface area contributed by atoms with Gasteiger partial charge in [-0.2, -0.15) is 0 Å². The third kappa shape index (κ3) is 4.47. The highest BCUT2D eigenvalue weighted by atomic mass is 16.2. The molecule has 0 aromatic heterocycles. The van der Waals surface area contributed by atoms with Crippen LogP contribution in [-0.4, -0.2) is 25.4 Å². The molecule has 0 spiro atoms. The van der Waals surface area contributed by atoms with Crippen molar-refractivity contribution in [2.45, 2.75) is 45.4 Å². The van der Waals surface area contributed by atoms with E-state index in [2.05, 4.69) is 10.6 Å². The van der Waals surface area contributed by atoms with E-state index in [0.29, 0.717) is 24.2 Å². The molecule has 1 aliphatic rings. The van der Waals surface area contributed by atoms with Gasteiger partial charge >= 0.3 is 0 Å². The molecular weight excluding hydrogens is 290 g/mol. The molecule has 0 radical (unpaired) electrons. The van der Waals surface area contributed by atoms with Crippen LogP contribution >= 0.6 is 0 Å². The first-order valence-corrected chi connectivity index (χ1v) is 8.31. The third-order valence-corrected chi connectivity index (χ3v) is 4.89. The zero-order valence-corrected chi connectivity index (χ0v) is 14.1. The predicted molar refractivity (Wildman–Crippen MR) is 92.1 cm³/mol. The minimum absolute atomic E-state index is 0.0423. The van der Waals surface area contributed by atoms with Gasteiger partial charge in [0.15, 0.2) is 0 Å². The summed E-state index contributed by atoms with van der Waals surface area (Å²) in [7, 11) is 1.66. The lowest BCUT2D eigenvalue weighted by Gasteiger charge is -2.37. The van der Waals surface area contributed by atoms with E-state index in [9.17, 15) is 9.59 Å². The Balaban J connectivity index is 2.03. The predicted octanol–water partition coefficient (Wildman–Crippen LogP) is 2.39. The van der Waals surface area contributed by atoms with E-state index >= 15 is 0 Å². The number of nitrogens with one attached hydrogen (secondary N) is 2. The van der Waals surface area contributed by atoms with Crippen molar-refractivity contribution in [1.29, 1.82) is 0 Å². The molecule has 0 atom stereocenters. The Morgan fingerprint density at radius 1 is 1.22 bits per heavy atom. The molecule has 5 heteroatoms. The second kappa shape index (κ2) is 7.49. The topological polar surface area (TPSA) is 84.2 Å². The molecule has 0 heterocycles. The zero-order valence-electron chi connectivity index (χ0n) is 14.1. The average Bonchev–Trinajstić information content (AvgIpc) is 2.56. The molecule has 5 nitrogen and oxygen atoms in total. The number of hydrogen-bond donors (Lipinski definition) is 3. The number of nitrogens with two attached hydrogens (primary N) is 1. The van der Waals surface area contributed by atoms with Crippen molar-refractivity contribution in [3.63, 3.8) is 0 Å². The summed E-state index contributed by atoms with van der Waals surface area (Å²) >= 11 is 0. The average molecular weight is 317 g/mol. The van der Waals surface area contributed by atoms with E-state index in [1.807, 2.05) is 13.0 Å². The van der Waals surface area contributed by atoms with Crippen LogP contribution in [0.1, 0.15) is 54.4 Å². The number of aryl methyl sites for hydroxylation is 1. The fourth-order valence-corrected chi connectivity index (χ4v) is 3.30. The van der Waals surface area contributed by atoms with Gasteiger partial charge in [-0.25, -0.2) is 0 Å². The first kappa shape index (κ1) is 17.3. The highest BCUT2D eigenvalue weighted by Crippen LogP contribution is 2.38. The van der Waals surface area contributed by atoms with E-state index in [1.165, 1.54) is 6.42 Å². The molecule has 2 rings (SSSR count). The number of rotatable bonds is 5. The Labute approximate surface area is 138 Å². The fraction of sp³-hybridized carbons (Fsp3) is 0.556. The van der Waals surface area contributed by atoms with Crippen molar-refractivity contribution in [2.75, 3.05) is 19.3 Å². The Bertz CT molecular complexity index is 578. The Hall–Kier alpha value is -2.04. The molecule has 1 aromatic carbocycles. The van der Waals surface area contributed by atoms with Gasteiger partial charge in [0.2, 0.25) is 5.91 Å². The molecule has 4 N–H and O–H groups in total. The maximum absolute atomic E-state index is 12.4. The summed E-state index contributed by atoms with van der Waals surface area (Å²) in [6.07, 6.45) is 5.87. The van der Waals surface area contributed by atoms with Crippen molar-refractivity contribution in [3.8, 4) is 0 Å². The Morgan fingerprint density at radius 2 is 1.91 bits per heavy atom. The fourth-order valence-electron chi connectivity index (χ4n) is 3.30. The lowest BCUT2D eigenvalue weighted by molar-refractivity contribution is -0.123. The summed E-state index contributed by atoms with van der Waals surface area (Å²) in [5, 5.41) is 5.71. The van der Waals surface area contributed by atoms with Crippen LogP contribution in [-0.2, 0) is 4.79 Å². The monoisotopic (exact) mass is 317 g/mol. The SMILES string of the molecule is CNC(=O)CC1(CNC(=O)c2ccc(C)c(N)c2)CCCCC1. The number of carbonyl (C=O) groups excluding carboxylic acids is 2. The van der Waals surface area contributed by atoms with Crippen LogP contribution in [0.2, 0.25) is 0 Å². The van der Waals surface area contributed by atoms with Crippen molar-refractivity contribution >= 4 is 17.5 Å². The lowest BCUT2D eigenvalue weighted by atomic mass is 9.71. The lowest BCUT2D eigenvalue weighted by Crippen LogP contribution is -2.42. The Morgan fingerprint density at radius 3 is 2.52 bits per heavy atom. The smallest absolute Gasteiger partial charge is 0.251 e. The highest BCUT2D eigenvalue weighted by molar-refractivity contribution is 5.95. The van der Waals surface area contributed by atoms with Crippen LogP contribution < -0.4 is 16.4 Å². The van der Waals surface area contributed by atoms with E-state index in [4.69, 9.17) is 5.73 Å². The van der Waals surface area contributed by atoms with Gasteiger partial charge in [-0.3, -0.25) is 9.59 Å². The molecule has 126 valence electrons. The van der Waals surface area contributed by atoms with Gasteiger partial charge in [-0.15, -0.1) is 0 Å². The van der Waals surface area contributed by atoms with Gasteiger partial charge in [0.25, 0.3) is 5.91 Å². The van der Waals surface area contributed by atoms with Crippen molar-refractivity contribution in [3.05, 3.63) is 29.3 Å². The van der Waals surface area contributed by atoms with Crippen LogP contribution in [0, 0.1) is 12.3 Å². The van der Waals surface area contributed by atoms with Gasteiger partial charge in [0.05, 0.1) is 0 Å². The van der Waals surface area contributed by atoms with Gasteiger partial charge in [-0.1, -0.05) is 25.3 Å². The largest absolute Gasteiger partial charge is 0.398 e. The number of nitrogen functional groups attached to an aromatic ring is 1. The summed E-state index contributed by atoms with van der Waals surface area (Å²) in [4.78, 5) is 24.2. The number of hydrogen-bond acceptors (Lipinski definition) is 3. The molecular formula is C18H27N3O2. The van der Waals surface area contributed by atoms with Crippen LogP contribution in [0.4, 0.5) is 5.69 Å². The first-order chi connectivity index (χ1) is 11.0. The molecule has 23 heavy (non-hydrogen) atoms. The number of amides is 2. The summed E-state index contributed by atoms with van der Waals surface area (Å²) in [5.41, 5.74) is 7.91. The molecule has 1 aliphatic carbocycles. The normalized spacial score (nSPS) is 16.6. The summed E-state index contributed by atoms with van der Waals surface area (Å²) in [6, 6.07) is 5.34. The molecule has 0 aliphatic heterocycles. The molecule has 1 saturated carbocycles. The summed E-state index contributed by atoms with van der Waals surface area (Å²) in [6.45, 7) is 2.45. The zero-order chi connectivity index (χ0) is 16.9. The van der Waals surface area contributed by atoms with Gasteiger partial charge in [0, 0.05) is 31.3 Å². The number of anilines is 1. The van der Waals surface area contributed by atoms with E-state index in [0.717, 1.165) is 31.2 Å². The van der Waals surface area contributed by atoms with Gasteiger partial charge in [0.1, 0.15) is 0 Å². The summed E-state index contributed by atoms with van der Waals surface area (Å²) in [5.74, 6) is -0.0840. The standard InChI is InChI=1S/C18H27N3O2/c1-13-6-7-14(10-15(13)19)17(23)21-12-18(11-16(22)20-2)8-4-3-5-9-18/h6-7,10H,3-5,8-9,11-12,19H2,1-2H3,(H,20,22)(H,21,23). The number of carbonyl (C=O) groups is 2. The first-order valence-electron chi connectivity index (χ1n) is 8.31. The molecule has 2 amide bonds. The van der Waals surface area contributed by atoms with E-state index in [-0.39, 0.29) is 17.2 Å². The van der Waals surface area contributed by atoms with Crippen LogP contribution in [0.15, 0.2) is 18.2 Å². The van der Waals surface area contributed by atoms with Crippen molar-refractivity contribution in [2.24, 2.45) is 5.41 Å². The highest BCUT2D eigenvalue weighted by Gasteiger charge is 2.34. The minimum atomic E-state index is -0.126. The maximum atomic E-state index is 12.4. The number of benzene rings is 1. The maximum Gasteiger partial charge on any atom is 0.251 e. The molecule has 0 unspecified atom stereocenters. The van der Waals surface area contributed by atoms with Crippen molar-refractivity contribution < 1.29 is 9.59 Å². The van der Waals surface area contributed by atoms with Crippen LogP contribution in [0.25, 0.3) is 0 Å². The quantitative estimate of drug-likeness (QED) is 0.729. The van der Waals surface area contributed by atoms with Crippen molar-refractivity contribution in [1.82, 2.24) is 10.6 Å².